The molecule has 0 aliphatic carbocycles. The highest BCUT2D eigenvalue weighted by Gasteiger charge is 2.35. The van der Waals surface area contributed by atoms with Gasteiger partial charge in [-0.1, -0.05) is 12.1 Å². The number of alkyl halides is 1. The van der Waals surface area contributed by atoms with Crippen LogP contribution in [0.3, 0.4) is 0 Å². The number of hydrogen-bond acceptors (Lipinski definition) is 5. The predicted octanol–water partition coefficient (Wildman–Crippen LogP) is 2.97. The van der Waals surface area contributed by atoms with E-state index in [4.69, 9.17) is 9.05 Å². The first kappa shape index (κ1) is 15.8. The van der Waals surface area contributed by atoms with Crippen molar-refractivity contribution in [2.24, 2.45) is 0 Å². The standard InChI is InChI=1S/C12H16FO5P/c1-16-12(14)10-6-4-9(5-7-10)11(8-13)19(15,17-2)18-3/h4-7,11H,8H2,1-3H3. The molecular weight excluding hydrogens is 274 g/mol. The van der Waals surface area contributed by atoms with E-state index in [0.717, 1.165) is 0 Å². The van der Waals surface area contributed by atoms with Crippen LogP contribution < -0.4 is 0 Å². The zero-order chi connectivity index (χ0) is 14.5. The number of esters is 1. The van der Waals surface area contributed by atoms with Gasteiger partial charge >= 0.3 is 13.6 Å². The van der Waals surface area contributed by atoms with Crippen LogP contribution in [-0.4, -0.2) is 34.0 Å². The number of benzene rings is 1. The lowest BCUT2D eigenvalue weighted by molar-refractivity contribution is 0.0600. The molecule has 0 amide bonds. The average molecular weight is 290 g/mol. The van der Waals surface area contributed by atoms with Gasteiger partial charge in [0.1, 0.15) is 12.3 Å². The Hall–Kier alpha value is -1.23. The monoisotopic (exact) mass is 290 g/mol. The van der Waals surface area contributed by atoms with Gasteiger partial charge in [0.25, 0.3) is 0 Å². The van der Waals surface area contributed by atoms with Crippen LogP contribution in [0, 0.1) is 0 Å². The third-order valence-electron chi connectivity index (χ3n) is 2.75. The van der Waals surface area contributed by atoms with Gasteiger partial charge in [0.05, 0.1) is 12.7 Å². The van der Waals surface area contributed by atoms with Crippen molar-refractivity contribution in [2.75, 3.05) is 28.0 Å². The summed E-state index contributed by atoms with van der Waals surface area (Å²) in [6.45, 7) is -0.892. The number of methoxy groups -OCH3 is 1. The zero-order valence-corrected chi connectivity index (χ0v) is 11.9. The van der Waals surface area contributed by atoms with Crippen LogP contribution in [0.5, 0.6) is 0 Å². The van der Waals surface area contributed by atoms with E-state index in [-0.39, 0.29) is 0 Å². The largest absolute Gasteiger partial charge is 0.465 e. The second-order valence-corrected chi connectivity index (χ2v) is 6.12. The van der Waals surface area contributed by atoms with Gasteiger partial charge in [-0.05, 0) is 17.7 Å². The highest BCUT2D eigenvalue weighted by atomic mass is 31.2. The normalized spacial score (nSPS) is 13.1. The Kier molecular flexibility index (Phi) is 5.66. The summed E-state index contributed by atoms with van der Waals surface area (Å²) in [6, 6.07) is 5.95. The molecule has 0 N–H and O–H groups in total. The van der Waals surface area contributed by atoms with Crippen LogP contribution in [0.1, 0.15) is 21.6 Å². The van der Waals surface area contributed by atoms with Crippen molar-refractivity contribution in [1.82, 2.24) is 0 Å². The van der Waals surface area contributed by atoms with Crippen molar-refractivity contribution in [3.63, 3.8) is 0 Å². The molecule has 0 fully saturated rings. The Morgan fingerprint density at radius 1 is 1.21 bits per heavy atom. The quantitative estimate of drug-likeness (QED) is 0.595. The molecule has 1 unspecified atom stereocenters. The number of halogens is 1. The SMILES string of the molecule is COC(=O)c1ccc(C(CF)P(=O)(OC)OC)cc1. The number of carbonyl (C=O) groups is 1. The first-order chi connectivity index (χ1) is 9.02. The zero-order valence-electron chi connectivity index (χ0n) is 11.0. The van der Waals surface area contributed by atoms with Gasteiger partial charge < -0.3 is 13.8 Å². The van der Waals surface area contributed by atoms with Crippen molar-refractivity contribution in [2.45, 2.75) is 5.66 Å². The van der Waals surface area contributed by atoms with Crippen LogP contribution >= 0.6 is 7.60 Å². The maximum Gasteiger partial charge on any atom is 0.340 e. The molecule has 0 aliphatic rings. The van der Waals surface area contributed by atoms with Crippen LogP contribution in [0.2, 0.25) is 0 Å². The Morgan fingerprint density at radius 3 is 2.11 bits per heavy atom. The van der Waals surface area contributed by atoms with E-state index in [2.05, 4.69) is 4.74 Å². The van der Waals surface area contributed by atoms with Crippen molar-refractivity contribution >= 4 is 13.6 Å². The summed E-state index contributed by atoms with van der Waals surface area (Å²) < 4.78 is 39.4. The molecule has 0 saturated heterocycles. The van der Waals surface area contributed by atoms with E-state index in [1.165, 1.54) is 45.6 Å². The minimum absolute atomic E-state index is 0.327. The lowest BCUT2D eigenvalue weighted by atomic mass is 10.1. The van der Waals surface area contributed by atoms with Crippen molar-refractivity contribution < 1.29 is 27.5 Å². The van der Waals surface area contributed by atoms with Gasteiger partial charge in [-0.15, -0.1) is 0 Å². The topological polar surface area (TPSA) is 61.8 Å². The van der Waals surface area contributed by atoms with Gasteiger partial charge in [0.15, 0.2) is 0 Å². The average Bonchev–Trinajstić information content (AvgIpc) is 2.47. The Morgan fingerprint density at radius 2 is 1.74 bits per heavy atom. The molecule has 0 aliphatic heterocycles. The van der Waals surface area contributed by atoms with Crippen LogP contribution in [0.4, 0.5) is 4.39 Å². The van der Waals surface area contributed by atoms with Crippen molar-refractivity contribution in [3.05, 3.63) is 35.4 Å². The maximum atomic E-state index is 13.1. The maximum absolute atomic E-state index is 13.1. The number of hydrogen-bond donors (Lipinski definition) is 0. The fourth-order valence-electron chi connectivity index (χ4n) is 1.64. The molecule has 1 atom stereocenters. The summed E-state index contributed by atoms with van der Waals surface area (Å²) in [4.78, 5) is 11.3. The molecule has 1 aromatic rings. The van der Waals surface area contributed by atoms with Crippen molar-refractivity contribution in [3.8, 4) is 0 Å². The van der Waals surface area contributed by atoms with E-state index in [1.54, 1.807) is 0 Å². The summed E-state index contributed by atoms with van der Waals surface area (Å²) in [5.41, 5.74) is -0.259. The second kappa shape index (κ2) is 6.80. The first-order valence-electron chi connectivity index (χ1n) is 5.47. The highest BCUT2D eigenvalue weighted by Crippen LogP contribution is 2.59. The van der Waals surface area contributed by atoms with Gasteiger partial charge in [-0.3, -0.25) is 4.57 Å². The Balaban J connectivity index is 3.07. The molecule has 1 rings (SSSR count). The molecule has 0 aromatic heterocycles. The third-order valence-corrected chi connectivity index (χ3v) is 4.97. The molecule has 5 nitrogen and oxygen atoms in total. The molecule has 106 valence electrons. The summed E-state index contributed by atoms with van der Waals surface area (Å²) in [6.07, 6.45) is 0. The predicted molar refractivity (Wildman–Crippen MR) is 68.1 cm³/mol. The van der Waals surface area contributed by atoms with Gasteiger partial charge in [-0.25, -0.2) is 9.18 Å². The number of rotatable bonds is 6. The molecule has 0 saturated carbocycles. The smallest absolute Gasteiger partial charge is 0.340 e. The fourth-order valence-corrected chi connectivity index (χ4v) is 3.01. The first-order valence-corrected chi connectivity index (χ1v) is 7.09. The number of carbonyl (C=O) groups excluding carboxylic acids is 1. The van der Waals surface area contributed by atoms with Crippen LogP contribution in [-0.2, 0) is 18.3 Å². The summed E-state index contributed by atoms with van der Waals surface area (Å²) in [7, 11) is 0.127. The Labute approximate surface area is 111 Å². The van der Waals surface area contributed by atoms with Gasteiger partial charge in [0, 0.05) is 14.2 Å². The highest BCUT2D eigenvalue weighted by molar-refractivity contribution is 7.54. The Bertz CT molecular complexity index is 466. The molecule has 0 bridgehead atoms. The minimum Gasteiger partial charge on any atom is -0.465 e. The van der Waals surface area contributed by atoms with E-state index >= 15 is 0 Å². The fraction of sp³-hybridized carbons (Fsp3) is 0.417. The molecule has 0 heterocycles. The van der Waals surface area contributed by atoms with Crippen molar-refractivity contribution in [1.29, 1.82) is 0 Å². The van der Waals surface area contributed by atoms with Gasteiger partial charge in [0.2, 0.25) is 0 Å². The molecule has 19 heavy (non-hydrogen) atoms. The molecule has 7 heteroatoms. The number of ether oxygens (including phenoxy) is 1. The molecule has 0 radical (unpaired) electrons. The van der Waals surface area contributed by atoms with E-state index in [1.807, 2.05) is 0 Å². The summed E-state index contributed by atoms with van der Waals surface area (Å²) in [5.74, 6) is -0.495. The lowest BCUT2D eigenvalue weighted by Crippen LogP contribution is -2.07. The van der Waals surface area contributed by atoms with E-state index < -0.39 is 25.9 Å². The second-order valence-electron chi connectivity index (χ2n) is 3.69. The lowest BCUT2D eigenvalue weighted by Gasteiger charge is -2.22. The molecule has 1 aromatic carbocycles. The summed E-state index contributed by atoms with van der Waals surface area (Å²) in [5, 5.41) is 0. The van der Waals surface area contributed by atoms with E-state index in [0.29, 0.717) is 11.1 Å². The molecule has 0 spiro atoms. The minimum atomic E-state index is -3.55. The van der Waals surface area contributed by atoms with Crippen LogP contribution in [0.25, 0.3) is 0 Å². The van der Waals surface area contributed by atoms with Crippen LogP contribution in [0.15, 0.2) is 24.3 Å². The van der Waals surface area contributed by atoms with Gasteiger partial charge in [-0.2, -0.15) is 0 Å². The third kappa shape index (κ3) is 3.41. The summed E-state index contributed by atoms with van der Waals surface area (Å²) >= 11 is 0. The molecular formula is C12H16FO5P. The van der Waals surface area contributed by atoms with E-state index in [9.17, 15) is 13.8 Å².